The van der Waals surface area contributed by atoms with Crippen molar-refractivity contribution in [1.82, 2.24) is 4.57 Å². The number of benzene rings is 3. The predicted molar refractivity (Wildman–Crippen MR) is 98.2 cm³/mol. The molecule has 4 rings (SSSR count). The largest absolute Gasteiger partial charge is 0.366 e. The number of nitrogens with two attached hydrogens (primary N) is 1. The molecule has 0 fully saturated rings. The number of amides is 1. The molecular formula is C21H18N2O. The standard InChI is InChI=1S/C21H18N2O/c1-14-7-5-10-16-19-17(21(22)24)11-6-12-18(19)23(20(14)16)13-15-8-3-2-4-9-15/h2-12H,13H2,1H3,(H2,22,24). The summed E-state index contributed by atoms with van der Waals surface area (Å²) in [5.74, 6) is -0.388. The van der Waals surface area contributed by atoms with Crippen LogP contribution in [0.3, 0.4) is 0 Å². The van der Waals surface area contributed by atoms with Crippen molar-refractivity contribution in [3.05, 3.63) is 83.4 Å². The van der Waals surface area contributed by atoms with E-state index in [1.54, 1.807) is 6.07 Å². The van der Waals surface area contributed by atoms with Gasteiger partial charge in [0.05, 0.1) is 11.0 Å². The van der Waals surface area contributed by atoms with Crippen molar-refractivity contribution in [3.8, 4) is 0 Å². The van der Waals surface area contributed by atoms with Crippen LogP contribution in [0.25, 0.3) is 21.8 Å². The lowest BCUT2D eigenvalue weighted by Gasteiger charge is -2.09. The van der Waals surface area contributed by atoms with E-state index in [0.717, 1.165) is 28.4 Å². The maximum absolute atomic E-state index is 11.9. The Bertz CT molecular complexity index is 1060. The van der Waals surface area contributed by atoms with Crippen molar-refractivity contribution in [2.24, 2.45) is 5.73 Å². The van der Waals surface area contributed by atoms with E-state index >= 15 is 0 Å². The van der Waals surface area contributed by atoms with Gasteiger partial charge in [0.1, 0.15) is 0 Å². The Morgan fingerprint density at radius 2 is 1.71 bits per heavy atom. The van der Waals surface area contributed by atoms with E-state index in [4.69, 9.17) is 5.73 Å². The molecular weight excluding hydrogens is 296 g/mol. The molecule has 3 heteroatoms. The zero-order chi connectivity index (χ0) is 16.7. The monoisotopic (exact) mass is 314 g/mol. The van der Waals surface area contributed by atoms with E-state index in [1.165, 1.54) is 11.1 Å². The van der Waals surface area contributed by atoms with Crippen LogP contribution in [0.2, 0.25) is 0 Å². The van der Waals surface area contributed by atoms with Crippen LogP contribution >= 0.6 is 0 Å². The molecule has 0 spiro atoms. The third-order valence-electron chi connectivity index (χ3n) is 4.56. The summed E-state index contributed by atoms with van der Waals surface area (Å²) in [5, 5.41) is 2.02. The smallest absolute Gasteiger partial charge is 0.249 e. The van der Waals surface area contributed by atoms with E-state index in [9.17, 15) is 4.79 Å². The molecule has 0 radical (unpaired) electrons. The molecule has 1 heterocycles. The van der Waals surface area contributed by atoms with Crippen molar-refractivity contribution < 1.29 is 4.79 Å². The van der Waals surface area contributed by atoms with Gasteiger partial charge in [0.25, 0.3) is 0 Å². The topological polar surface area (TPSA) is 48.0 Å². The zero-order valence-corrected chi connectivity index (χ0v) is 13.5. The number of nitrogens with zero attached hydrogens (tertiary/aromatic N) is 1. The molecule has 118 valence electrons. The Kier molecular flexibility index (Phi) is 3.35. The van der Waals surface area contributed by atoms with Crippen LogP contribution in [-0.2, 0) is 6.54 Å². The number of fused-ring (bicyclic) bond motifs is 3. The molecule has 3 nitrogen and oxygen atoms in total. The number of primary amides is 1. The van der Waals surface area contributed by atoms with E-state index < -0.39 is 0 Å². The highest BCUT2D eigenvalue weighted by Gasteiger charge is 2.17. The highest BCUT2D eigenvalue weighted by molar-refractivity contribution is 6.18. The van der Waals surface area contributed by atoms with Gasteiger partial charge in [0.15, 0.2) is 0 Å². The van der Waals surface area contributed by atoms with Crippen LogP contribution in [0.1, 0.15) is 21.5 Å². The van der Waals surface area contributed by atoms with E-state index in [-0.39, 0.29) is 5.91 Å². The molecule has 0 atom stereocenters. The third-order valence-corrected chi connectivity index (χ3v) is 4.56. The van der Waals surface area contributed by atoms with E-state index in [2.05, 4.69) is 41.8 Å². The summed E-state index contributed by atoms with van der Waals surface area (Å²) in [7, 11) is 0. The maximum atomic E-state index is 11.9. The SMILES string of the molecule is Cc1cccc2c3c(C(N)=O)cccc3n(Cc3ccccc3)c12. The highest BCUT2D eigenvalue weighted by Crippen LogP contribution is 2.33. The zero-order valence-electron chi connectivity index (χ0n) is 13.5. The first kappa shape index (κ1) is 14.5. The lowest BCUT2D eigenvalue weighted by atomic mass is 10.0. The van der Waals surface area contributed by atoms with Crippen LogP contribution in [-0.4, -0.2) is 10.5 Å². The first-order valence-corrected chi connectivity index (χ1v) is 8.01. The van der Waals surface area contributed by atoms with Crippen LogP contribution in [0.15, 0.2) is 66.7 Å². The Morgan fingerprint density at radius 1 is 0.958 bits per heavy atom. The summed E-state index contributed by atoms with van der Waals surface area (Å²) in [6.45, 7) is 2.86. The van der Waals surface area contributed by atoms with Gasteiger partial charge in [-0.1, -0.05) is 54.6 Å². The second-order valence-electron chi connectivity index (χ2n) is 6.11. The minimum Gasteiger partial charge on any atom is -0.366 e. The van der Waals surface area contributed by atoms with Crippen LogP contribution in [0.5, 0.6) is 0 Å². The first-order valence-electron chi connectivity index (χ1n) is 8.01. The second-order valence-corrected chi connectivity index (χ2v) is 6.11. The van der Waals surface area contributed by atoms with Crippen molar-refractivity contribution in [2.45, 2.75) is 13.5 Å². The van der Waals surface area contributed by atoms with Crippen molar-refractivity contribution in [3.63, 3.8) is 0 Å². The molecule has 0 saturated heterocycles. The number of aromatic nitrogens is 1. The predicted octanol–water partition coefficient (Wildman–Crippen LogP) is 4.25. The molecule has 1 amide bonds. The van der Waals surface area contributed by atoms with Crippen molar-refractivity contribution in [2.75, 3.05) is 0 Å². The molecule has 0 aliphatic rings. The van der Waals surface area contributed by atoms with Crippen LogP contribution < -0.4 is 5.73 Å². The molecule has 4 aromatic rings. The average molecular weight is 314 g/mol. The summed E-state index contributed by atoms with van der Waals surface area (Å²) < 4.78 is 2.28. The minimum absolute atomic E-state index is 0.388. The number of aryl methyl sites for hydroxylation is 1. The highest BCUT2D eigenvalue weighted by atomic mass is 16.1. The average Bonchev–Trinajstić information content (AvgIpc) is 2.91. The van der Waals surface area contributed by atoms with E-state index in [1.807, 2.05) is 30.3 Å². The summed E-state index contributed by atoms with van der Waals surface area (Å²) in [4.78, 5) is 11.9. The normalized spacial score (nSPS) is 11.2. The summed E-state index contributed by atoms with van der Waals surface area (Å²) in [5.41, 5.74) is 10.8. The molecule has 0 aliphatic heterocycles. The summed E-state index contributed by atoms with van der Waals surface area (Å²) in [6.07, 6.45) is 0. The number of para-hydroxylation sites is 1. The summed E-state index contributed by atoms with van der Waals surface area (Å²) >= 11 is 0. The quantitative estimate of drug-likeness (QED) is 0.604. The minimum atomic E-state index is -0.388. The Hall–Kier alpha value is -3.07. The molecule has 2 N–H and O–H groups in total. The van der Waals surface area contributed by atoms with Gasteiger partial charge in [-0.2, -0.15) is 0 Å². The first-order chi connectivity index (χ1) is 11.7. The molecule has 1 aromatic heterocycles. The van der Waals surface area contributed by atoms with Gasteiger partial charge < -0.3 is 10.3 Å². The number of carbonyl (C=O) groups excluding carboxylic acids is 1. The number of carbonyl (C=O) groups is 1. The third kappa shape index (κ3) is 2.17. The van der Waals surface area contributed by atoms with Gasteiger partial charge in [-0.25, -0.2) is 0 Å². The van der Waals surface area contributed by atoms with Gasteiger partial charge in [-0.3, -0.25) is 4.79 Å². The number of rotatable bonds is 3. The lowest BCUT2D eigenvalue weighted by Crippen LogP contribution is -2.11. The fourth-order valence-corrected chi connectivity index (χ4v) is 3.52. The molecule has 0 aliphatic carbocycles. The maximum Gasteiger partial charge on any atom is 0.249 e. The second kappa shape index (κ2) is 5.53. The lowest BCUT2D eigenvalue weighted by molar-refractivity contribution is 0.100. The molecule has 0 bridgehead atoms. The van der Waals surface area contributed by atoms with Crippen LogP contribution in [0.4, 0.5) is 0 Å². The van der Waals surface area contributed by atoms with E-state index in [0.29, 0.717) is 5.56 Å². The van der Waals surface area contributed by atoms with Gasteiger partial charge in [0, 0.05) is 22.9 Å². The van der Waals surface area contributed by atoms with Crippen molar-refractivity contribution >= 4 is 27.7 Å². The van der Waals surface area contributed by atoms with Crippen LogP contribution in [0, 0.1) is 6.92 Å². The van der Waals surface area contributed by atoms with Gasteiger partial charge >= 0.3 is 0 Å². The fraction of sp³-hybridized carbons (Fsp3) is 0.0952. The molecule has 3 aromatic carbocycles. The van der Waals surface area contributed by atoms with Gasteiger partial charge in [0.2, 0.25) is 5.91 Å². The Balaban J connectivity index is 2.10. The number of hydrogen-bond acceptors (Lipinski definition) is 1. The van der Waals surface area contributed by atoms with Gasteiger partial charge in [-0.15, -0.1) is 0 Å². The Labute approximate surface area is 140 Å². The summed E-state index contributed by atoms with van der Waals surface area (Å²) in [6, 6.07) is 22.3. The molecule has 0 saturated carbocycles. The van der Waals surface area contributed by atoms with Gasteiger partial charge in [-0.05, 0) is 30.2 Å². The Morgan fingerprint density at radius 3 is 2.46 bits per heavy atom. The van der Waals surface area contributed by atoms with Crippen molar-refractivity contribution in [1.29, 1.82) is 0 Å². The fourth-order valence-electron chi connectivity index (χ4n) is 3.52. The molecule has 0 unspecified atom stereocenters. The number of hydrogen-bond donors (Lipinski definition) is 1. The molecule has 24 heavy (non-hydrogen) atoms.